The van der Waals surface area contributed by atoms with Crippen LogP contribution < -0.4 is 10.6 Å². The Balaban J connectivity index is 2.49. The summed E-state index contributed by atoms with van der Waals surface area (Å²) < 4.78 is 5.34. The molecule has 2 rings (SSSR count). The molecule has 2 aromatic rings. The van der Waals surface area contributed by atoms with Crippen molar-refractivity contribution in [1.82, 2.24) is 10.2 Å². The highest BCUT2D eigenvalue weighted by molar-refractivity contribution is 7.80. The Morgan fingerprint density at radius 1 is 0.943 bits per heavy atom. The Labute approximate surface area is 214 Å². The van der Waals surface area contributed by atoms with E-state index in [1.54, 1.807) is 20.8 Å². The van der Waals surface area contributed by atoms with Crippen LogP contribution in [-0.2, 0) is 14.3 Å². The molecule has 0 saturated heterocycles. The van der Waals surface area contributed by atoms with Crippen LogP contribution in [0.3, 0.4) is 0 Å². The van der Waals surface area contributed by atoms with Crippen LogP contribution in [0.2, 0.25) is 0 Å². The summed E-state index contributed by atoms with van der Waals surface area (Å²) >= 11 is 4.31. The van der Waals surface area contributed by atoms with Gasteiger partial charge in [-0.1, -0.05) is 48.5 Å². The molecule has 0 fully saturated rings. The molecular formula is C27H37N3O4S. The molecule has 2 N–H and O–H groups in total. The van der Waals surface area contributed by atoms with Crippen molar-refractivity contribution in [2.24, 2.45) is 0 Å². The topological polar surface area (TPSA) is 87.7 Å². The predicted octanol–water partition coefficient (Wildman–Crippen LogP) is 5.13. The third-order valence-electron chi connectivity index (χ3n) is 5.16. The first kappa shape index (κ1) is 28.2. The van der Waals surface area contributed by atoms with E-state index >= 15 is 0 Å². The van der Waals surface area contributed by atoms with Crippen LogP contribution in [0, 0.1) is 6.92 Å². The fourth-order valence-electron chi connectivity index (χ4n) is 3.62. The van der Waals surface area contributed by atoms with Crippen LogP contribution in [0.15, 0.2) is 54.6 Å². The van der Waals surface area contributed by atoms with E-state index in [9.17, 15) is 14.4 Å². The number of nitrogens with zero attached hydrogens (tertiary/aromatic N) is 1. The molecule has 0 aromatic heterocycles. The molecule has 190 valence electrons. The molecule has 0 aliphatic heterocycles. The Morgan fingerprint density at radius 3 is 2.03 bits per heavy atom. The molecule has 0 aliphatic carbocycles. The van der Waals surface area contributed by atoms with Crippen molar-refractivity contribution in [2.45, 2.75) is 71.7 Å². The minimum atomic E-state index is -0.995. The number of thiol groups is 1. The minimum Gasteiger partial charge on any atom is -0.444 e. The molecule has 7 nitrogen and oxygen atoms in total. The van der Waals surface area contributed by atoms with Crippen molar-refractivity contribution >= 4 is 36.2 Å². The number of benzene rings is 2. The molecule has 3 amide bonds. The molecule has 0 bridgehead atoms. The summed E-state index contributed by atoms with van der Waals surface area (Å²) in [6.45, 7) is 12.7. The third-order valence-corrected chi connectivity index (χ3v) is 5.52. The van der Waals surface area contributed by atoms with Crippen molar-refractivity contribution in [2.75, 3.05) is 11.1 Å². The Bertz CT molecular complexity index is 1030. The van der Waals surface area contributed by atoms with Crippen molar-refractivity contribution in [3.63, 3.8) is 0 Å². The van der Waals surface area contributed by atoms with E-state index in [1.165, 1.54) is 4.90 Å². The summed E-state index contributed by atoms with van der Waals surface area (Å²) in [6, 6.07) is 14.6. The quantitative estimate of drug-likeness (QED) is 0.461. The fourth-order valence-corrected chi connectivity index (χ4v) is 3.86. The lowest BCUT2D eigenvalue weighted by Gasteiger charge is -2.43. The summed E-state index contributed by atoms with van der Waals surface area (Å²) in [4.78, 5) is 41.6. The average Bonchev–Trinajstić information content (AvgIpc) is 2.75. The lowest BCUT2D eigenvalue weighted by Crippen LogP contribution is -2.58. The van der Waals surface area contributed by atoms with Crippen LogP contribution in [0.4, 0.5) is 10.5 Å². The second-order valence-electron chi connectivity index (χ2n) is 10.4. The Morgan fingerprint density at radius 2 is 1.51 bits per heavy atom. The van der Waals surface area contributed by atoms with E-state index in [2.05, 4.69) is 23.3 Å². The van der Waals surface area contributed by atoms with Crippen molar-refractivity contribution in [3.8, 4) is 0 Å². The molecule has 2 aromatic carbocycles. The van der Waals surface area contributed by atoms with E-state index in [1.807, 2.05) is 82.3 Å². The summed E-state index contributed by atoms with van der Waals surface area (Å²) in [5, 5.41) is 5.60. The smallest absolute Gasteiger partial charge is 0.408 e. The van der Waals surface area contributed by atoms with Gasteiger partial charge in [0.25, 0.3) is 5.91 Å². The maximum Gasteiger partial charge on any atom is 0.408 e. The van der Waals surface area contributed by atoms with Crippen LogP contribution in [0.25, 0.3) is 0 Å². The summed E-state index contributed by atoms with van der Waals surface area (Å²) in [6.07, 6.45) is -0.723. The maximum absolute atomic E-state index is 13.9. The SMILES string of the molecule is Cc1ccccc1NC(=O)C(c1ccccc1)N(C(=O)C(CS)NC(=O)OC(C)(C)C)C(C)(C)C. The number of alkyl carbamates (subject to hydrolysis) is 1. The number of anilines is 1. The second-order valence-corrected chi connectivity index (χ2v) is 10.7. The largest absolute Gasteiger partial charge is 0.444 e. The monoisotopic (exact) mass is 499 g/mol. The second kappa shape index (κ2) is 11.6. The number of hydrogen-bond acceptors (Lipinski definition) is 5. The first-order valence-corrected chi connectivity index (χ1v) is 12.2. The molecule has 0 spiro atoms. The van der Waals surface area contributed by atoms with Gasteiger partial charge in [-0.3, -0.25) is 9.59 Å². The van der Waals surface area contributed by atoms with Gasteiger partial charge in [-0.05, 0) is 65.7 Å². The van der Waals surface area contributed by atoms with Gasteiger partial charge in [0.05, 0.1) is 0 Å². The van der Waals surface area contributed by atoms with Gasteiger partial charge in [0.15, 0.2) is 0 Å². The number of ether oxygens (including phenoxy) is 1. The zero-order valence-corrected chi connectivity index (χ0v) is 22.5. The predicted molar refractivity (Wildman–Crippen MR) is 143 cm³/mol. The van der Waals surface area contributed by atoms with Crippen LogP contribution in [0.1, 0.15) is 58.7 Å². The van der Waals surface area contributed by atoms with Crippen LogP contribution in [-0.4, -0.2) is 45.7 Å². The maximum atomic E-state index is 13.9. The standard InChI is InChI=1S/C27H37N3O4S/c1-18-13-11-12-16-20(18)28-23(31)22(19-14-9-8-10-15-19)30(26(2,3)4)24(32)21(17-35)29-25(33)34-27(5,6)7/h8-16,21-22,35H,17H2,1-7H3,(H,28,31)(H,29,33). The van der Waals surface area contributed by atoms with Gasteiger partial charge in [-0.15, -0.1) is 0 Å². The van der Waals surface area contributed by atoms with Crippen LogP contribution in [0.5, 0.6) is 0 Å². The number of aryl methyl sites for hydroxylation is 1. The number of para-hydroxylation sites is 1. The lowest BCUT2D eigenvalue weighted by atomic mass is 9.95. The van der Waals surface area contributed by atoms with Gasteiger partial charge in [0.2, 0.25) is 5.91 Å². The van der Waals surface area contributed by atoms with Crippen LogP contribution >= 0.6 is 12.6 Å². The van der Waals surface area contributed by atoms with Crippen molar-refractivity contribution < 1.29 is 19.1 Å². The molecule has 2 unspecified atom stereocenters. The van der Waals surface area contributed by atoms with E-state index in [4.69, 9.17) is 4.74 Å². The molecular weight excluding hydrogens is 462 g/mol. The minimum absolute atomic E-state index is 0.0333. The van der Waals surface area contributed by atoms with E-state index in [0.29, 0.717) is 11.3 Å². The number of carbonyl (C=O) groups is 3. The average molecular weight is 500 g/mol. The van der Waals surface area contributed by atoms with Gasteiger partial charge in [-0.2, -0.15) is 12.6 Å². The third kappa shape index (κ3) is 8.02. The molecule has 0 aliphatic rings. The van der Waals surface area contributed by atoms with Crippen molar-refractivity contribution in [1.29, 1.82) is 0 Å². The highest BCUT2D eigenvalue weighted by Gasteiger charge is 2.41. The number of rotatable bonds is 7. The molecule has 0 radical (unpaired) electrons. The van der Waals surface area contributed by atoms with Gasteiger partial charge < -0.3 is 20.3 Å². The zero-order valence-electron chi connectivity index (χ0n) is 21.6. The van der Waals surface area contributed by atoms with Gasteiger partial charge in [-0.25, -0.2) is 4.79 Å². The number of carbonyl (C=O) groups excluding carboxylic acids is 3. The van der Waals surface area contributed by atoms with E-state index in [-0.39, 0.29) is 11.7 Å². The highest BCUT2D eigenvalue weighted by atomic mass is 32.1. The highest BCUT2D eigenvalue weighted by Crippen LogP contribution is 2.31. The Kier molecular flexibility index (Phi) is 9.38. The van der Waals surface area contributed by atoms with Crippen molar-refractivity contribution in [3.05, 3.63) is 65.7 Å². The van der Waals surface area contributed by atoms with E-state index < -0.39 is 35.2 Å². The number of amides is 3. The fraction of sp³-hybridized carbons (Fsp3) is 0.444. The van der Waals surface area contributed by atoms with Gasteiger partial charge in [0, 0.05) is 17.0 Å². The van der Waals surface area contributed by atoms with Gasteiger partial charge in [0.1, 0.15) is 17.7 Å². The first-order chi connectivity index (χ1) is 16.2. The van der Waals surface area contributed by atoms with E-state index in [0.717, 1.165) is 5.56 Å². The summed E-state index contributed by atoms with van der Waals surface area (Å²) in [7, 11) is 0. The zero-order chi connectivity index (χ0) is 26.4. The molecule has 8 heteroatoms. The normalized spacial score (nSPS) is 13.4. The summed E-state index contributed by atoms with van der Waals surface area (Å²) in [5.74, 6) is -0.762. The van der Waals surface area contributed by atoms with Gasteiger partial charge >= 0.3 is 6.09 Å². The summed E-state index contributed by atoms with van der Waals surface area (Å²) in [5.41, 5.74) is 0.727. The Hall–Kier alpha value is -3.00. The molecule has 0 saturated carbocycles. The first-order valence-electron chi connectivity index (χ1n) is 11.6. The molecule has 2 atom stereocenters. The number of nitrogens with one attached hydrogen (secondary N) is 2. The molecule has 35 heavy (non-hydrogen) atoms. The lowest BCUT2D eigenvalue weighted by molar-refractivity contribution is -0.146. The number of hydrogen-bond donors (Lipinski definition) is 3. The molecule has 0 heterocycles.